The number of carbonyl (C=O) groups excluding carboxylic acids is 2. The fourth-order valence-corrected chi connectivity index (χ4v) is 3.57. The van der Waals surface area contributed by atoms with Gasteiger partial charge in [0, 0.05) is 11.5 Å². The Kier molecular flexibility index (Phi) is 5.83. The first-order chi connectivity index (χ1) is 12.7. The van der Waals surface area contributed by atoms with Crippen LogP contribution < -0.4 is 10.6 Å². The Morgan fingerprint density at radius 1 is 1.41 bits per heavy atom. The zero-order chi connectivity index (χ0) is 20.2. The first-order valence-corrected chi connectivity index (χ1v) is 8.72. The highest BCUT2D eigenvalue weighted by atomic mass is 32.2. The molecule has 0 spiro atoms. The van der Waals surface area contributed by atoms with Crippen molar-refractivity contribution >= 4 is 35.0 Å². The highest BCUT2D eigenvalue weighted by Crippen LogP contribution is 2.41. The predicted octanol–water partition coefficient (Wildman–Crippen LogP) is 2.30. The summed E-state index contributed by atoms with van der Waals surface area (Å²) in [6, 6.07) is 9.60. The van der Waals surface area contributed by atoms with Crippen LogP contribution in [-0.4, -0.2) is 22.5 Å². The molecule has 1 aliphatic heterocycles. The van der Waals surface area contributed by atoms with E-state index in [1.165, 1.54) is 18.2 Å². The lowest BCUT2D eigenvalue weighted by molar-refractivity contribution is -0.383. The molecule has 0 bridgehead atoms. The molecule has 2 amide bonds. The molecule has 2 rings (SSSR count). The topological polar surface area (TPSA) is 149 Å². The summed E-state index contributed by atoms with van der Waals surface area (Å²) in [4.78, 5) is 34.6. The minimum Gasteiger partial charge on any atom is -0.320 e. The van der Waals surface area contributed by atoms with Crippen molar-refractivity contribution in [1.82, 2.24) is 5.32 Å². The molecule has 0 unspecified atom stereocenters. The molecule has 0 aliphatic carbocycles. The average Bonchev–Trinajstić information content (AvgIpc) is 2.59. The lowest BCUT2D eigenvalue weighted by Crippen LogP contribution is -2.44. The fourth-order valence-electron chi connectivity index (χ4n) is 2.60. The molecule has 138 valence electrons. The van der Waals surface area contributed by atoms with E-state index in [0.29, 0.717) is 0 Å². The molecule has 2 N–H and O–H groups in total. The summed E-state index contributed by atoms with van der Waals surface area (Å²) in [6.07, 6.45) is 0. The average molecular weight is 385 g/mol. The number of para-hydroxylation sites is 2. The number of allylic oxidation sites excluding steroid dienone is 1. The minimum atomic E-state index is -1.02. The molecule has 10 heteroatoms. The number of anilines is 1. The molecule has 1 heterocycles. The van der Waals surface area contributed by atoms with Gasteiger partial charge in [-0.25, -0.2) is 0 Å². The summed E-state index contributed by atoms with van der Waals surface area (Å²) >= 11 is 0.924. The maximum Gasteiger partial charge on any atom is 0.292 e. The Morgan fingerprint density at radius 3 is 2.67 bits per heavy atom. The van der Waals surface area contributed by atoms with Crippen LogP contribution in [0.3, 0.4) is 0 Å². The van der Waals surface area contributed by atoms with Crippen molar-refractivity contribution in [2.24, 2.45) is 11.3 Å². The van der Waals surface area contributed by atoms with Gasteiger partial charge in [-0.05, 0) is 6.07 Å². The summed E-state index contributed by atoms with van der Waals surface area (Å²) < 4.78 is 0. The van der Waals surface area contributed by atoms with Gasteiger partial charge in [0.15, 0.2) is 0 Å². The van der Waals surface area contributed by atoms with Gasteiger partial charge in [0.1, 0.15) is 11.6 Å². The largest absolute Gasteiger partial charge is 0.320 e. The van der Waals surface area contributed by atoms with Crippen LogP contribution in [0.4, 0.5) is 11.4 Å². The molecule has 0 fully saturated rings. The van der Waals surface area contributed by atoms with Gasteiger partial charge < -0.3 is 10.6 Å². The summed E-state index contributed by atoms with van der Waals surface area (Å²) in [7, 11) is 0. The maximum absolute atomic E-state index is 12.2. The van der Waals surface area contributed by atoms with E-state index in [-0.39, 0.29) is 27.7 Å². The van der Waals surface area contributed by atoms with E-state index in [1.807, 2.05) is 12.1 Å². The number of nitro benzene ring substituents is 1. The first kappa shape index (κ1) is 19.9. The summed E-state index contributed by atoms with van der Waals surface area (Å²) in [6.45, 7) is 3.23. The third-order valence-electron chi connectivity index (χ3n) is 4.06. The van der Waals surface area contributed by atoms with Gasteiger partial charge in [0.2, 0.25) is 11.8 Å². The molecule has 1 aromatic carbocycles. The van der Waals surface area contributed by atoms with Gasteiger partial charge in [0.05, 0.1) is 33.4 Å². The molecular formula is C17H15N5O4S. The fraction of sp³-hybridized carbons (Fsp3) is 0.294. The molecule has 0 radical (unpaired) electrons. The molecule has 0 saturated heterocycles. The molecule has 0 saturated carbocycles. The lowest BCUT2D eigenvalue weighted by Gasteiger charge is -2.34. The monoisotopic (exact) mass is 385 g/mol. The Bertz CT molecular complexity index is 926. The van der Waals surface area contributed by atoms with E-state index >= 15 is 0 Å². The van der Waals surface area contributed by atoms with Crippen LogP contribution in [-0.2, 0) is 9.59 Å². The van der Waals surface area contributed by atoms with Crippen LogP contribution in [0.1, 0.15) is 13.8 Å². The molecule has 9 nitrogen and oxygen atoms in total. The molecule has 1 aliphatic rings. The van der Waals surface area contributed by atoms with E-state index in [9.17, 15) is 30.2 Å². The second kappa shape index (κ2) is 7.89. The van der Waals surface area contributed by atoms with Crippen LogP contribution in [0.5, 0.6) is 0 Å². The van der Waals surface area contributed by atoms with Crippen molar-refractivity contribution in [3.63, 3.8) is 0 Å². The SMILES string of the molecule is CC1(C)C(C#N)=C(SCC(=O)Nc2ccccc2[N+](=O)[O-])NC(=O)[C@@H]1C#N. The number of amides is 2. The maximum atomic E-state index is 12.2. The smallest absolute Gasteiger partial charge is 0.292 e. The van der Waals surface area contributed by atoms with E-state index < -0.39 is 28.1 Å². The molecule has 27 heavy (non-hydrogen) atoms. The normalized spacial score (nSPS) is 18.1. The van der Waals surface area contributed by atoms with Gasteiger partial charge in [-0.3, -0.25) is 19.7 Å². The van der Waals surface area contributed by atoms with Crippen molar-refractivity contribution in [1.29, 1.82) is 10.5 Å². The number of rotatable bonds is 5. The number of hydrogen-bond donors (Lipinski definition) is 2. The second-order valence-electron chi connectivity index (χ2n) is 6.20. The standard InChI is InChI=1S/C17H15N5O4S/c1-17(2)10(7-18)15(24)21-16(11(17)8-19)27-9-14(23)20-12-5-3-4-6-13(12)22(25)26/h3-6,10H,9H2,1-2H3,(H,20,23)(H,21,24)/t10-/m0/s1. The highest BCUT2D eigenvalue weighted by molar-refractivity contribution is 8.03. The van der Waals surface area contributed by atoms with Gasteiger partial charge in [-0.1, -0.05) is 37.7 Å². The Morgan fingerprint density at radius 2 is 2.07 bits per heavy atom. The predicted molar refractivity (Wildman–Crippen MR) is 97.8 cm³/mol. The van der Waals surface area contributed by atoms with Gasteiger partial charge in [0.25, 0.3) is 5.69 Å². The van der Waals surface area contributed by atoms with Crippen molar-refractivity contribution in [3.05, 3.63) is 45.0 Å². The molecule has 1 atom stereocenters. The van der Waals surface area contributed by atoms with Gasteiger partial charge in [-0.2, -0.15) is 10.5 Å². The number of nitrogens with one attached hydrogen (secondary N) is 2. The zero-order valence-electron chi connectivity index (χ0n) is 14.5. The van der Waals surface area contributed by atoms with E-state index in [1.54, 1.807) is 19.9 Å². The van der Waals surface area contributed by atoms with Crippen LogP contribution in [0.25, 0.3) is 0 Å². The Hall–Kier alpha value is -3.37. The number of nitro groups is 1. The van der Waals surface area contributed by atoms with Gasteiger partial charge in [-0.15, -0.1) is 0 Å². The Labute approximate surface area is 159 Å². The van der Waals surface area contributed by atoms with Crippen LogP contribution in [0.2, 0.25) is 0 Å². The third kappa shape index (κ3) is 4.07. The highest BCUT2D eigenvalue weighted by Gasteiger charge is 2.44. The number of nitrogens with zero attached hydrogens (tertiary/aromatic N) is 3. The number of carbonyl (C=O) groups is 2. The molecule has 1 aromatic rings. The summed E-state index contributed by atoms with van der Waals surface area (Å²) in [5, 5.41) is 34.7. The minimum absolute atomic E-state index is 0.0557. The number of hydrogen-bond acceptors (Lipinski definition) is 7. The summed E-state index contributed by atoms with van der Waals surface area (Å²) in [5.74, 6) is -2.27. The van der Waals surface area contributed by atoms with Crippen molar-refractivity contribution in [3.8, 4) is 12.1 Å². The lowest BCUT2D eigenvalue weighted by atomic mass is 9.72. The van der Waals surface area contributed by atoms with E-state index in [2.05, 4.69) is 10.6 Å². The van der Waals surface area contributed by atoms with E-state index in [0.717, 1.165) is 11.8 Å². The van der Waals surface area contributed by atoms with E-state index in [4.69, 9.17) is 0 Å². The second-order valence-corrected chi connectivity index (χ2v) is 7.19. The third-order valence-corrected chi connectivity index (χ3v) is 5.06. The summed E-state index contributed by atoms with van der Waals surface area (Å²) in [5.41, 5.74) is -0.975. The number of nitriles is 2. The van der Waals surface area contributed by atoms with Crippen molar-refractivity contribution in [2.45, 2.75) is 13.8 Å². The van der Waals surface area contributed by atoms with Crippen LogP contribution in [0.15, 0.2) is 34.9 Å². The number of thioether (sulfide) groups is 1. The van der Waals surface area contributed by atoms with Crippen LogP contribution >= 0.6 is 11.8 Å². The molecule has 0 aromatic heterocycles. The van der Waals surface area contributed by atoms with Crippen LogP contribution in [0, 0.1) is 44.1 Å². The van der Waals surface area contributed by atoms with Crippen molar-refractivity contribution in [2.75, 3.05) is 11.1 Å². The molecular weight excluding hydrogens is 370 g/mol. The number of benzene rings is 1. The Balaban J connectivity index is 2.16. The quantitative estimate of drug-likeness (QED) is 0.583. The first-order valence-electron chi connectivity index (χ1n) is 7.73. The van der Waals surface area contributed by atoms with Gasteiger partial charge >= 0.3 is 0 Å². The van der Waals surface area contributed by atoms with Crippen molar-refractivity contribution < 1.29 is 14.5 Å². The zero-order valence-corrected chi connectivity index (χ0v) is 15.3.